The van der Waals surface area contributed by atoms with E-state index in [1.165, 1.54) is 37.4 Å². The third-order valence-electron chi connectivity index (χ3n) is 4.42. The second-order valence-corrected chi connectivity index (χ2v) is 6.03. The van der Waals surface area contributed by atoms with Gasteiger partial charge in [-0.25, -0.2) is 0 Å². The van der Waals surface area contributed by atoms with Crippen molar-refractivity contribution in [3.8, 4) is 0 Å². The SMILES string of the molecule is CC(C)C1CCCCC12CC2CBr. The standard InChI is InChI=1S/C12H21Br/c1-9(2)11-5-3-4-6-12(11)7-10(12)8-13/h9-11H,3-8H2,1-2H3. The van der Waals surface area contributed by atoms with Crippen LogP contribution in [0.4, 0.5) is 0 Å². The predicted octanol–water partition coefficient (Wildman–Crippen LogP) is 4.23. The summed E-state index contributed by atoms with van der Waals surface area (Å²) >= 11 is 3.66. The molecule has 0 aromatic heterocycles. The Morgan fingerprint density at radius 3 is 2.69 bits per heavy atom. The van der Waals surface area contributed by atoms with Gasteiger partial charge in [0.15, 0.2) is 0 Å². The van der Waals surface area contributed by atoms with Gasteiger partial charge < -0.3 is 0 Å². The molecule has 13 heavy (non-hydrogen) atoms. The molecule has 0 heterocycles. The molecule has 0 aromatic rings. The molecule has 2 aliphatic carbocycles. The summed E-state index contributed by atoms with van der Waals surface area (Å²) in [6.45, 7) is 4.84. The number of hydrogen-bond donors (Lipinski definition) is 0. The van der Waals surface area contributed by atoms with E-state index in [1.54, 1.807) is 0 Å². The molecule has 3 atom stereocenters. The highest BCUT2D eigenvalue weighted by Gasteiger charge is 2.58. The van der Waals surface area contributed by atoms with Crippen molar-refractivity contribution in [2.24, 2.45) is 23.2 Å². The Morgan fingerprint density at radius 1 is 1.38 bits per heavy atom. The van der Waals surface area contributed by atoms with Crippen LogP contribution in [0.5, 0.6) is 0 Å². The van der Waals surface area contributed by atoms with Gasteiger partial charge in [0.2, 0.25) is 0 Å². The Balaban J connectivity index is 2.07. The molecule has 0 aliphatic heterocycles. The van der Waals surface area contributed by atoms with Crippen LogP contribution in [0.25, 0.3) is 0 Å². The van der Waals surface area contributed by atoms with Gasteiger partial charge in [-0.2, -0.15) is 0 Å². The van der Waals surface area contributed by atoms with E-state index in [4.69, 9.17) is 0 Å². The van der Waals surface area contributed by atoms with Crippen molar-refractivity contribution in [1.29, 1.82) is 0 Å². The Bertz CT molecular complexity index is 188. The molecule has 0 amide bonds. The molecule has 1 heteroatoms. The van der Waals surface area contributed by atoms with E-state index in [1.807, 2.05) is 0 Å². The zero-order valence-corrected chi connectivity index (χ0v) is 10.4. The lowest BCUT2D eigenvalue weighted by Crippen LogP contribution is -2.27. The van der Waals surface area contributed by atoms with Crippen molar-refractivity contribution < 1.29 is 0 Å². The van der Waals surface area contributed by atoms with Gasteiger partial charge in [0.1, 0.15) is 0 Å². The first kappa shape index (κ1) is 10.0. The van der Waals surface area contributed by atoms with Crippen LogP contribution in [0.3, 0.4) is 0 Å². The van der Waals surface area contributed by atoms with Crippen molar-refractivity contribution in [1.82, 2.24) is 0 Å². The molecular weight excluding hydrogens is 224 g/mol. The Hall–Kier alpha value is 0.480. The molecule has 0 aromatic carbocycles. The van der Waals surface area contributed by atoms with Crippen LogP contribution in [-0.2, 0) is 0 Å². The summed E-state index contributed by atoms with van der Waals surface area (Å²) in [6, 6.07) is 0. The minimum atomic E-state index is 0.788. The third kappa shape index (κ3) is 1.58. The van der Waals surface area contributed by atoms with Gasteiger partial charge in [0.25, 0.3) is 0 Å². The van der Waals surface area contributed by atoms with Crippen molar-refractivity contribution >= 4 is 15.9 Å². The summed E-state index contributed by atoms with van der Waals surface area (Å²) in [4.78, 5) is 0. The van der Waals surface area contributed by atoms with Gasteiger partial charge in [0.05, 0.1) is 0 Å². The lowest BCUT2D eigenvalue weighted by atomic mass is 9.70. The van der Waals surface area contributed by atoms with E-state index in [0.29, 0.717) is 0 Å². The van der Waals surface area contributed by atoms with E-state index in [0.717, 1.165) is 23.2 Å². The molecule has 0 nitrogen and oxygen atoms in total. The summed E-state index contributed by atoms with van der Waals surface area (Å²) in [5, 5.41) is 1.25. The highest BCUT2D eigenvalue weighted by Crippen LogP contribution is 2.66. The van der Waals surface area contributed by atoms with Gasteiger partial charge in [-0.15, -0.1) is 0 Å². The molecule has 2 saturated carbocycles. The molecule has 2 fully saturated rings. The van der Waals surface area contributed by atoms with Crippen LogP contribution in [0.2, 0.25) is 0 Å². The maximum Gasteiger partial charge on any atom is 0.00652 e. The monoisotopic (exact) mass is 244 g/mol. The van der Waals surface area contributed by atoms with E-state index in [-0.39, 0.29) is 0 Å². The molecule has 1 spiro atoms. The number of hydrogen-bond acceptors (Lipinski definition) is 0. The first-order chi connectivity index (χ1) is 6.20. The lowest BCUT2D eigenvalue weighted by molar-refractivity contribution is 0.146. The lowest BCUT2D eigenvalue weighted by Gasteiger charge is -2.36. The van der Waals surface area contributed by atoms with Gasteiger partial charge in [-0.3, -0.25) is 0 Å². The average Bonchev–Trinajstić information content (AvgIpc) is 2.79. The molecular formula is C12H21Br. The first-order valence-electron chi connectivity index (χ1n) is 5.76. The number of halogens is 1. The fourth-order valence-corrected chi connectivity index (χ4v) is 4.53. The van der Waals surface area contributed by atoms with Gasteiger partial charge in [-0.1, -0.05) is 42.6 Å². The smallest absolute Gasteiger partial charge is 0.00652 e. The Labute approximate surface area is 90.6 Å². The van der Waals surface area contributed by atoms with Crippen molar-refractivity contribution in [3.05, 3.63) is 0 Å². The zero-order chi connectivity index (χ0) is 9.47. The van der Waals surface area contributed by atoms with Crippen molar-refractivity contribution in [3.63, 3.8) is 0 Å². The van der Waals surface area contributed by atoms with E-state index >= 15 is 0 Å². The maximum absolute atomic E-state index is 3.66. The molecule has 3 unspecified atom stereocenters. The van der Waals surface area contributed by atoms with Gasteiger partial charge in [0, 0.05) is 5.33 Å². The topological polar surface area (TPSA) is 0 Å². The summed E-state index contributed by atoms with van der Waals surface area (Å²) < 4.78 is 0. The van der Waals surface area contributed by atoms with Crippen molar-refractivity contribution in [2.45, 2.75) is 46.0 Å². The van der Waals surface area contributed by atoms with Crippen molar-refractivity contribution in [2.75, 3.05) is 5.33 Å². The second kappa shape index (κ2) is 3.56. The van der Waals surface area contributed by atoms with E-state index < -0.39 is 0 Å². The normalized spacial score (nSPS) is 44.3. The van der Waals surface area contributed by atoms with Crippen LogP contribution in [0, 0.1) is 23.2 Å². The average molecular weight is 245 g/mol. The zero-order valence-electron chi connectivity index (χ0n) is 8.85. The Kier molecular flexibility index (Phi) is 2.75. The van der Waals surface area contributed by atoms with Gasteiger partial charge in [-0.05, 0) is 42.4 Å². The number of rotatable bonds is 2. The highest BCUT2D eigenvalue weighted by atomic mass is 79.9. The maximum atomic E-state index is 3.66. The van der Waals surface area contributed by atoms with Crippen LogP contribution in [-0.4, -0.2) is 5.33 Å². The van der Waals surface area contributed by atoms with Crippen LogP contribution in [0.1, 0.15) is 46.0 Å². The molecule has 2 rings (SSSR count). The molecule has 0 bridgehead atoms. The van der Waals surface area contributed by atoms with Crippen LogP contribution in [0.15, 0.2) is 0 Å². The minimum Gasteiger partial charge on any atom is -0.0925 e. The summed E-state index contributed by atoms with van der Waals surface area (Å²) in [6.07, 6.45) is 7.51. The van der Waals surface area contributed by atoms with Gasteiger partial charge >= 0.3 is 0 Å². The predicted molar refractivity (Wildman–Crippen MR) is 61.1 cm³/mol. The summed E-state index contributed by atoms with van der Waals surface area (Å²) in [7, 11) is 0. The molecule has 76 valence electrons. The quantitative estimate of drug-likeness (QED) is 0.638. The first-order valence-corrected chi connectivity index (χ1v) is 6.89. The largest absolute Gasteiger partial charge is 0.0925 e. The molecule has 0 N–H and O–H groups in total. The number of alkyl halides is 1. The Morgan fingerprint density at radius 2 is 2.15 bits per heavy atom. The fraction of sp³-hybridized carbons (Fsp3) is 1.00. The minimum absolute atomic E-state index is 0.788. The highest BCUT2D eigenvalue weighted by molar-refractivity contribution is 9.09. The summed E-state index contributed by atoms with van der Waals surface area (Å²) in [5.74, 6) is 2.95. The molecule has 0 radical (unpaired) electrons. The van der Waals surface area contributed by atoms with Crippen LogP contribution < -0.4 is 0 Å². The van der Waals surface area contributed by atoms with E-state index in [9.17, 15) is 0 Å². The van der Waals surface area contributed by atoms with E-state index in [2.05, 4.69) is 29.8 Å². The van der Waals surface area contributed by atoms with Crippen LogP contribution >= 0.6 is 15.9 Å². The second-order valence-electron chi connectivity index (χ2n) is 5.38. The fourth-order valence-electron chi connectivity index (χ4n) is 3.66. The third-order valence-corrected chi connectivity index (χ3v) is 5.20. The molecule has 2 aliphatic rings. The summed E-state index contributed by atoms with van der Waals surface area (Å²) in [5.41, 5.74) is 0.788. The molecule has 0 saturated heterocycles.